The van der Waals surface area contributed by atoms with Gasteiger partial charge in [0.2, 0.25) is 0 Å². The molecule has 0 saturated heterocycles. The van der Waals surface area contributed by atoms with Crippen LogP contribution in [0.5, 0.6) is 11.5 Å². The summed E-state index contributed by atoms with van der Waals surface area (Å²) in [4.78, 5) is 24.8. The number of hydrogen-bond acceptors (Lipinski definition) is 5. The lowest BCUT2D eigenvalue weighted by atomic mass is 9.67. The van der Waals surface area contributed by atoms with Crippen LogP contribution >= 0.6 is 0 Å². The molecule has 0 saturated carbocycles. The molecule has 41 heavy (non-hydrogen) atoms. The number of aromatic hydroxyl groups is 2. The number of amides is 1. The quantitative estimate of drug-likeness (QED) is 0.135. The predicted octanol–water partition coefficient (Wildman–Crippen LogP) is 6.96. The van der Waals surface area contributed by atoms with Crippen LogP contribution in [0.2, 0.25) is 0 Å². The van der Waals surface area contributed by atoms with Crippen LogP contribution in [0.25, 0.3) is 11.1 Å². The molecule has 4 N–H and O–H groups in total. The number of carbonyl (C=O) groups is 2. The average molecular weight is 541 g/mol. The Morgan fingerprint density at radius 3 is 1.71 bits per heavy atom. The van der Waals surface area contributed by atoms with Crippen molar-refractivity contribution < 1.29 is 19.8 Å². The van der Waals surface area contributed by atoms with Crippen LogP contribution in [0.1, 0.15) is 49.9 Å². The van der Waals surface area contributed by atoms with Crippen LogP contribution < -0.4 is 10.6 Å². The van der Waals surface area contributed by atoms with Crippen LogP contribution in [0.15, 0.2) is 109 Å². The molecule has 1 amide bonds. The molecule has 202 valence electrons. The number of carbonyl (C=O) groups excluding carboxylic acids is 2. The van der Waals surface area contributed by atoms with E-state index in [1.165, 1.54) is 13.0 Å². The Balaban J connectivity index is 1.50. The van der Waals surface area contributed by atoms with Gasteiger partial charge in [0, 0.05) is 18.2 Å². The van der Waals surface area contributed by atoms with Gasteiger partial charge in [-0.15, -0.1) is 0 Å². The highest BCUT2D eigenvalue weighted by Crippen LogP contribution is 2.57. The van der Waals surface area contributed by atoms with Gasteiger partial charge in [-0.2, -0.15) is 0 Å². The van der Waals surface area contributed by atoms with Gasteiger partial charge in [0.25, 0.3) is 5.91 Å². The van der Waals surface area contributed by atoms with Crippen molar-refractivity contribution in [1.29, 1.82) is 0 Å². The molecule has 0 atom stereocenters. The number of nitrogens with one attached hydrogen (secondary N) is 2. The Morgan fingerprint density at radius 2 is 1.17 bits per heavy atom. The van der Waals surface area contributed by atoms with E-state index in [-0.39, 0.29) is 23.0 Å². The second-order valence-electron chi connectivity index (χ2n) is 10.1. The van der Waals surface area contributed by atoms with E-state index in [2.05, 4.69) is 34.9 Å². The molecule has 0 unspecified atom stereocenters. The van der Waals surface area contributed by atoms with Crippen LogP contribution in [0, 0.1) is 0 Å². The Labute approximate surface area is 237 Å². The zero-order valence-corrected chi connectivity index (χ0v) is 22.6. The fraction of sp³-hybridized carbons (Fsp3) is 0.0857. The smallest absolute Gasteiger partial charge is 0.255 e. The number of hydrogen-bond donors (Lipinski definition) is 4. The summed E-state index contributed by atoms with van der Waals surface area (Å²) in [5.41, 5.74) is 6.57. The minimum atomic E-state index is -0.841. The highest BCUT2D eigenvalue weighted by molar-refractivity contribution is 6.06. The highest BCUT2D eigenvalue weighted by Gasteiger charge is 2.46. The summed E-state index contributed by atoms with van der Waals surface area (Å²) in [6.45, 7) is 1.45. The lowest BCUT2D eigenvalue weighted by molar-refractivity contribution is 0.101. The molecule has 5 aromatic carbocycles. The van der Waals surface area contributed by atoms with Gasteiger partial charge in [-0.1, -0.05) is 72.8 Å². The third-order valence-electron chi connectivity index (χ3n) is 7.86. The minimum Gasteiger partial charge on any atom is -0.506 e. The number of rotatable bonds is 6. The summed E-state index contributed by atoms with van der Waals surface area (Å²) in [5.74, 6) is -0.555. The van der Waals surface area contributed by atoms with Gasteiger partial charge >= 0.3 is 0 Å². The van der Waals surface area contributed by atoms with Gasteiger partial charge < -0.3 is 20.8 Å². The lowest BCUT2D eigenvalue weighted by Crippen LogP contribution is -2.28. The molecule has 0 heterocycles. The lowest BCUT2D eigenvalue weighted by Gasteiger charge is -2.34. The molecule has 0 aromatic heterocycles. The van der Waals surface area contributed by atoms with Crippen molar-refractivity contribution in [2.45, 2.75) is 12.3 Å². The molecular weight excluding hydrogens is 512 g/mol. The van der Waals surface area contributed by atoms with Gasteiger partial charge in [0.15, 0.2) is 5.78 Å². The summed E-state index contributed by atoms with van der Waals surface area (Å²) in [6, 6.07) is 33.6. The van der Waals surface area contributed by atoms with Crippen molar-refractivity contribution in [3.05, 3.63) is 143 Å². The maximum atomic E-state index is 13.0. The predicted molar refractivity (Wildman–Crippen MR) is 161 cm³/mol. The van der Waals surface area contributed by atoms with Gasteiger partial charge in [0.1, 0.15) is 11.5 Å². The van der Waals surface area contributed by atoms with Gasteiger partial charge in [-0.3, -0.25) is 9.59 Å². The Hall–Kier alpha value is -5.36. The van der Waals surface area contributed by atoms with Crippen molar-refractivity contribution in [2.24, 2.45) is 0 Å². The van der Waals surface area contributed by atoms with Gasteiger partial charge in [0.05, 0.1) is 16.8 Å². The zero-order valence-electron chi connectivity index (χ0n) is 22.6. The molecule has 0 spiro atoms. The number of phenolic OH excluding ortho intramolecular Hbond substituents is 2. The molecule has 0 bridgehead atoms. The van der Waals surface area contributed by atoms with E-state index in [1.54, 1.807) is 43.4 Å². The van der Waals surface area contributed by atoms with Crippen molar-refractivity contribution in [3.8, 4) is 22.6 Å². The van der Waals surface area contributed by atoms with Crippen molar-refractivity contribution in [1.82, 2.24) is 0 Å². The van der Waals surface area contributed by atoms with E-state index >= 15 is 0 Å². The zero-order chi connectivity index (χ0) is 28.7. The number of fused-ring (bicyclic) bond motifs is 3. The molecule has 0 fully saturated rings. The number of ketones is 1. The van der Waals surface area contributed by atoms with E-state index in [0.717, 1.165) is 33.4 Å². The standard InChI is InChI=1S/C35H28N2O4/c1-21(38)22-8-7-9-23(18-22)34(41)37-31-17-15-25(20-33(31)40)35(24-14-16-30(36-2)32(39)19-24)28-12-5-3-10-26(28)27-11-4-6-13-29(27)35/h3-20,36,39-40H,1-2H3,(H,37,41). The molecule has 6 heteroatoms. The fourth-order valence-electron chi connectivity index (χ4n) is 5.94. The monoisotopic (exact) mass is 540 g/mol. The fourth-order valence-corrected chi connectivity index (χ4v) is 5.94. The summed E-state index contributed by atoms with van der Waals surface area (Å²) >= 11 is 0. The van der Waals surface area contributed by atoms with Crippen molar-refractivity contribution in [3.63, 3.8) is 0 Å². The van der Waals surface area contributed by atoms with E-state index in [1.807, 2.05) is 42.5 Å². The molecule has 0 radical (unpaired) electrons. The topological polar surface area (TPSA) is 98.7 Å². The first-order valence-corrected chi connectivity index (χ1v) is 13.3. The maximum absolute atomic E-state index is 13.0. The largest absolute Gasteiger partial charge is 0.506 e. The Bertz CT molecular complexity index is 1800. The third kappa shape index (κ3) is 4.12. The first-order valence-electron chi connectivity index (χ1n) is 13.3. The highest BCUT2D eigenvalue weighted by atomic mass is 16.3. The Morgan fingerprint density at radius 1 is 0.634 bits per heavy atom. The van der Waals surface area contributed by atoms with Gasteiger partial charge in [-0.05, 0) is 76.7 Å². The number of Topliss-reactive ketones (excluding diaryl/α,β-unsaturated/α-hetero) is 1. The van der Waals surface area contributed by atoms with Crippen LogP contribution in [-0.2, 0) is 5.41 Å². The minimum absolute atomic E-state index is 0.101. The average Bonchev–Trinajstić information content (AvgIpc) is 3.29. The number of benzene rings is 5. The summed E-state index contributed by atoms with van der Waals surface area (Å²) in [6.07, 6.45) is 0. The molecule has 5 aromatic rings. The normalized spacial score (nSPS) is 12.7. The van der Waals surface area contributed by atoms with Crippen LogP contribution in [-0.4, -0.2) is 29.0 Å². The molecule has 6 rings (SSSR count). The molecule has 6 nitrogen and oxygen atoms in total. The Kier molecular flexibility index (Phi) is 6.31. The molecule has 0 aliphatic heterocycles. The number of anilines is 2. The molecule has 1 aliphatic carbocycles. The maximum Gasteiger partial charge on any atom is 0.255 e. The SMILES string of the molecule is CNc1ccc(C2(c3ccc(NC(=O)c4cccc(C(C)=O)c4)c(O)c3)c3ccccc3-c3ccccc32)cc1O. The van der Waals surface area contributed by atoms with E-state index in [0.29, 0.717) is 16.8 Å². The van der Waals surface area contributed by atoms with Crippen LogP contribution in [0.3, 0.4) is 0 Å². The van der Waals surface area contributed by atoms with Gasteiger partial charge in [-0.25, -0.2) is 0 Å². The second-order valence-corrected chi connectivity index (χ2v) is 10.1. The summed E-state index contributed by atoms with van der Waals surface area (Å²) in [7, 11) is 1.76. The van der Waals surface area contributed by atoms with E-state index < -0.39 is 11.3 Å². The third-order valence-corrected chi connectivity index (χ3v) is 7.86. The molecular formula is C35H28N2O4. The number of phenols is 2. The van der Waals surface area contributed by atoms with Crippen molar-refractivity contribution in [2.75, 3.05) is 17.7 Å². The summed E-state index contributed by atoms with van der Waals surface area (Å²) in [5, 5.41) is 27.9. The molecule has 1 aliphatic rings. The van der Waals surface area contributed by atoms with E-state index in [9.17, 15) is 19.8 Å². The summed E-state index contributed by atoms with van der Waals surface area (Å²) < 4.78 is 0. The van der Waals surface area contributed by atoms with E-state index in [4.69, 9.17) is 0 Å². The first-order chi connectivity index (χ1) is 19.8. The van der Waals surface area contributed by atoms with Crippen molar-refractivity contribution >= 4 is 23.1 Å². The second kappa shape index (κ2) is 9.99. The van der Waals surface area contributed by atoms with Crippen LogP contribution in [0.4, 0.5) is 11.4 Å². The first kappa shape index (κ1) is 25.9.